The molecule has 0 fully saturated rings. The average molecular weight is 308 g/mol. The van der Waals surface area contributed by atoms with E-state index in [-0.39, 0.29) is 11.9 Å². The van der Waals surface area contributed by atoms with E-state index in [1.165, 1.54) is 21.8 Å². The largest absolute Gasteiger partial charge is 0.347 e. The Morgan fingerprint density at radius 2 is 2.00 bits per heavy atom. The van der Waals surface area contributed by atoms with Crippen LogP contribution in [0.3, 0.4) is 0 Å². The smallest absolute Gasteiger partial charge is 0.261 e. The van der Waals surface area contributed by atoms with Crippen LogP contribution < -0.4 is 5.32 Å². The molecule has 1 unspecified atom stereocenters. The van der Waals surface area contributed by atoms with Gasteiger partial charge in [0.05, 0.1) is 4.88 Å². The zero-order chi connectivity index (χ0) is 14.5. The van der Waals surface area contributed by atoms with Gasteiger partial charge in [-0.15, -0.1) is 22.9 Å². The molecule has 1 heterocycles. The van der Waals surface area contributed by atoms with Gasteiger partial charge >= 0.3 is 0 Å². The third-order valence-corrected chi connectivity index (χ3v) is 4.76. The number of halogens is 1. The van der Waals surface area contributed by atoms with Gasteiger partial charge in [-0.1, -0.05) is 30.3 Å². The molecule has 4 heteroatoms. The van der Waals surface area contributed by atoms with Gasteiger partial charge in [0, 0.05) is 16.8 Å². The van der Waals surface area contributed by atoms with Crippen LogP contribution >= 0.6 is 22.9 Å². The number of carbonyl (C=O) groups is 1. The first kappa shape index (κ1) is 15.1. The summed E-state index contributed by atoms with van der Waals surface area (Å²) in [7, 11) is 0. The van der Waals surface area contributed by atoms with Gasteiger partial charge in [0.2, 0.25) is 0 Å². The van der Waals surface area contributed by atoms with Crippen molar-refractivity contribution in [2.24, 2.45) is 0 Å². The number of nitrogens with one attached hydrogen (secondary N) is 1. The Hall–Kier alpha value is -1.32. The number of benzene rings is 1. The highest BCUT2D eigenvalue weighted by molar-refractivity contribution is 7.14. The molecule has 20 heavy (non-hydrogen) atoms. The first-order valence-electron chi connectivity index (χ1n) is 6.58. The number of aryl methyl sites for hydroxylation is 2. The molecule has 0 aliphatic carbocycles. The second kappa shape index (κ2) is 6.91. The third kappa shape index (κ3) is 3.84. The van der Waals surface area contributed by atoms with Crippen molar-refractivity contribution in [1.82, 2.24) is 5.32 Å². The molecule has 0 saturated heterocycles. The summed E-state index contributed by atoms with van der Waals surface area (Å²) < 4.78 is 0. The molecule has 2 aromatic rings. The number of carbonyl (C=O) groups excluding carboxylic acids is 1. The van der Waals surface area contributed by atoms with Crippen molar-refractivity contribution in [2.45, 2.75) is 26.3 Å². The SMILES string of the molecule is Cc1cc(C(=O)NC(CCl)Cc2ccccc2)sc1C. The molecule has 0 saturated carbocycles. The highest BCUT2D eigenvalue weighted by atomic mass is 35.5. The van der Waals surface area contributed by atoms with Crippen LogP contribution in [-0.4, -0.2) is 17.8 Å². The highest BCUT2D eigenvalue weighted by Crippen LogP contribution is 2.20. The molecule has 1 atom stereocenters. The summed E-state index contributed by atoms with van der Waals surface area (Å²) in [6.07, 6.45) is 0.749. The van der Waals surface area contributed by atoms with Crippen molar-refractivity contribution >= 4 is 28.8 Å². The summed E-state index contributed by atoms with van der Waals surface area (Å²) in [6, 6.07) is 12.0. The molecule has 1 N–H and O–H groups in total. The van der Waals surface area contributed by atoms with E-state index in [4.69, 9.17) is 11.6 Å². The third-order valence-electron chi connectivity index (χ3n) is 3.24. The number of amides is 1. The molecule has 106 valence electrons. The van der Waals surface area contributed by atoms with E-state index in [2.05, 4.69) is 5.32 Å². The van der Waals surface area contributed by atoms with Crippen LogP contribution in [0.1, 0.15) is 25.7 Å². The van der Waals surface area contributed by atoms with Gasteiger partial charge in [-0.3, -0.25) is 4.79 Å². The maximum absolute atomic E-state index is 12.2. The van der Waals surface area contributed by atoms with E-state index in [1.807, 2.05) is 50.2 Å². The Bertz CT molecular complexity index is 560. The van der Waals surface area contributed by atoms with Crippen LogP contribution in [0.4, 0.5) is 0 Å². The molecular formula is C16H18ClNOS. The van der Waals surface area contributed by atoms with Crippen molar-refractivity contribution in [3.63, 3.8) is 0 Å². The predicted molar refractivity (Wildman–Crippen MR) is 85.9 cm³/mol. The molecule has 0 aliphatic rings. The summed E-state index contributed by atoms with van der Waals surface area (Å²) in [6.45, 7) is 4.05. The summed E-state index contributed by atoms with van der Waals surface area (Å²) in [5.74, 6) is 0.372. The molecule has 1 aromatic carbocycles. The minimum atomic E-state index is -0.0470. The van der Waals surface area contributed by atoms with Gasteiger partial charge in [-0.25, -0.2) is 0 Å². The standard InChI is InChI=1S/C16H18ClNOS/c1-11-8-15(20-12(11)2)16(19)18-14(10-17)9-13-6-4-3-5-7-13/h3-8,14H,9-10H2,1-2H3,(H,18,19). The van der Waals surface area contributed by atoms with Crippen LogP contribution in [-0.2, 0) is 6.42 Å². The maximum Gasteiger partial charge on any atom is 0.261 e. The molecule has 1 amide bonds. The van der Waals surface area contributed by atoms with Crippen LogP contribution in [0.25, 0.3) is 0 Å². The van der Waals surface area contributed by atoms with E-state index < -0.39 is 0 Å². The van der Waals surface area contributed by atoms with Crippen molar-refractivity contribution in [2.75, 3.05) is 5.88 Å². The van der Waals surface area contributed by atoms with E-state index in [0.29, 0.717) is 5.88 Å². The predicted octanol–water partition coefficient (Wildman–Crippen LogP) is 3.94. The summed E-state index contributed by atoms with van der Waals surface area (Å²) >= 11 is 7.50. The molecular weight excluding hydrogens is 290 g/mol. The van der Waals surface area contributed by atoms with Crippen LogP contribution in [0.5, 0.6) is 0 Å². The lowest BCUT2D eigenvalue weighted by atomic mass is 10.1. The van der Waals surface area contributed by atoms with E-state index in [0.717, 1.165) is 16.9 Å². The molecule has 1 aromatic heterocycles. The summed E-state index contributed by atoms with van der Waals surface area (Å²) in [5.41, 5.74) is 2.34. The average Bonchev–Trinajstić information content (AvgIpc) is 2.79. The van der Waals surface area contributed by atoms with Crippen molar-refractivity contribution < 1.29 is 4.79 Å². The normalized spacial score (nSPS) is 12.2. The fourth-order valence-electron chi connectivity index (χ4n) is 1.98. The lowest BCUT2D eigenvalue weighted by Crippen LogP contribution is -2.37. The monoisotopic (exact) mass is 307 g/mol. The molecule has 0 bridgehead atoms. The zero-order valence-corrected chi connectivity index (χ0v) is 13.2. The lowest BCUT2D eigenvalue weighted by molar-refractivity contribution is 0.0944. The van der Waals surface area contributed by atoms with E-state index in [1.54, 1.807) is 0 Å². The molecule has 2 nitrogen and oxygen atoms in total. The Balaban J connectivity index is 2.01. The Kier molecular flexibility index (Phi) is 5.21. The van der Waals surface area contributed by atoms with Gasteiger partial charge in [-0.2, -0.15) is 0 Å². The quantitative estimate of drug-likeness (QED) is 0.833. The van der Waals surface area contributed by atoms with Crippen LogP contribution in [0, 0.1) is 13.8 Å². The maximum atomic E-state index is 12.2. The van der Waals surface area contributed by atoms with E-state index >= 15 is 0 Å². The van der Waals surface area contributed by atoms with Crippen molar-refractivity contribution in [3.05, 3.63) is 57.3 Å². The molecule has 0 spiro atoms. The Morgan fingerprint density at radius 3 is 2.55 bits per heavy atom. The lowest BCUT2D eigenvalue weighted by Gasteiger charge is -2.15. The fraction of sp³-hybridized carbons (Fsp3) is 0.312. The van der Waals surface area contributed by atoms with E-state index in [9.17, 15) is 4.79 Å². The van der Waals surface area contributed by atoms with Gasteiger partial charge in [-0.05, 0) is 37.5 Å². The Morgan fingerprint density at radius 1 is 1.30 bits per heavy atom. The second-order valence-corrected chi connectivity index (χ2v) is 6.43. The molecule has 0 radical (unpaired) electrons. The minimum Gasteiger partial charge on any atom is -0.347 e. The van der Waals surface area contributed by atoms with Gasteiger partial charge in [0.25, 0.3) is 5.91 Å². The van der Waals surface area contributed by atoms with Gasteiger partial charge < -0.3 is 5.32 Å². The number of rotatable bonds is 5. The topological polar surface area (TPSA) is 29.1 Å². The van der Waals surface area contributed by atoms with Crippen LogP contribution in [0.2, 0.25) is 0 Å². The number of alkyl halides is 1. The summed E-state index contributed by atoms with van der Waals surface area (Å²) in [5, 5.41) is 3.01. The Labute approximate surface area is 128 Å². The van der Waals surface area contributed by atoms with Crippen LogP contribution in [0.15, 0.2) is 36.4 Å². The number of thiophene rings is 1. The first-order valence-corrected chi connectivity index (χ1v) is 7.93. The zero-order valence-electron chi connectivity index (χ0n) is 11.7. The van der Waals surface area contributed by atoms with Crippen molar-refractivity contribution in [1.29, 1.82) is 0 Å². The molecule has 0 aliphatic heterocycles. The minimum absolute atomic E-state index is 0.0345. The summed E-state index contributed by atoms with van der Waals surface area (Å²) in [4.78, 5) is 14.1. The van der Waals surface area contributed by atoms with Crippen molar-refractivity contribution in [3.8, 4) is 0 Å². The van der Waals surface area contributed by atoms with Gasteiger partial charge in [0.15, 0.2) is 0 Å². The second-order valence-electron chi connectivity index (χ2n) is 4.86. The molecule has 2 rings (SSSR count). The van der Waals surface area contributed by atoms with Gasteiger partial charge in [0.1, 0.15) is 0 Å². The number of hydrogen-bond donors (Lipinski definition) is 1. The first-order chi connectivity index (χ1) is 9.60. The fourth-order valence-corrected chi connectivity index (χ4v) is 3.11. The number of hydrogen-bond acceptors (Lipinski definition) is 2. The highest BCUT2D eigenvalue weighted by Gasteiger charge is 2.15.